The van der Waals surface area contributed by atoms with E-state index in [0.29, 0.717) is 18.0 Å². The molecule has 1 unspecified atom stereocenters. The van der Waals surface area contributed by atoms with Crippen molar-refractivity contribution in [3.05, 3.63) is 69.7 Å². The predicted molar refractivity (Wildman–Crippen MR) is 94.4 cm³/mol. The molecule has 0 aliphatic carbocycles. The second-order valence-electron chi connectivity index (χ2n) is 5.04. The second-order valence-corrected chi connectivity index (χ2v) is 5.91. The van der Waals surface area contributed by atoms with Crippen LogP contribution >= 0.6 is 23.2 Å². The fourth-order valence-electron chi connectivity index (χ4n) is 2.09. The molecule has 118 valence electrons. The van der Waals surface area contributed by atoms with E-state index in [9.17, 15) is 0 Å². The van der Waals surface area contributed by atoms with Gasteiger partial charge >= 0.3 is 0 Å². The maximum Gasteiger partial charge on any atom is 0.202 e. The van der Waals surface area contributed by atoms with Crippen LogP contribution < -0.4 is 5.48 Å². The lowest BCUT2D eigenvalue weighted by atomic mass is 10.2. The first-order valence-corrected chi connectivity index (χ1v) is 7.95. The monoisotopic (exact) mass is 347 g/mol. The Labute approximate surface area is 144 Å². The Morgan fingerprint density at radius 2 is 1.70 bits per heavy atom. The van der Waals surface area contributed by atoms with E-state index in [0.717, 1.165) is 22.0 Å². The lowest BCUT2D eigenvalue weighted by Gasteiger charge is -2.05. The van der Waals surface area contributed by atoms with Gasteiger partial charge in [-0.15, -0.1) is 0 Å². The Morgan fingerprint density at radius 3 is 2.39 bits per heavy atom. The van der Waals surface area contributed by atoms with Crippen LogP contribution in [0.1, 0.15) is 23.8 Å². The Kier molecular flexibility index (Phi) is 5.28. The van der Waals surface area contributed by atoms with Crippen LogP contribution in [0.15, 0.2) is 58.5 Å². The highest BCUT2D eigenvalue weighted by Crippen LogP contribution is 2.23. The standard InChI is InChI=1S/C17H15Cl2N3O/c18-14-5-1-12(2-6-14)11-20-10-9-16-21-17(23-22-16)13-3-7-15(19)8-4-13/h1-8,11,17H,9-10H2,(H,21,22). The number of nitrogens with zero attached hydrogens (tertiary/aromatic N) is 2. The van der Waals surface area contributed by atoms with Crippen molar-refractivity contribution in [3.8, 4) is 0 Å². The van der Waals surface area contributed by atoms with Crippen LogP contribution in [0.5, 0.6) is 0 Å². The van der Waals surface area contributed by atoms with Gasteiger partial charge in [-0.25, -0.2) is 9.83 Å². The number of hydroxylamine groups is 1. The highest BCUT2D eigenvalue weighted by atomic mass is 35.5. The topological polar surface area (TPSA) is 46.0 Å². The third-order valence-corrected chi connectivity index (χ3v) is 3.81. The Bertz CT molecular complexity index is 712. The summed E-state index contributed by atoms with van der Waals surface area (Å²) in [6, 6.07) is 15.0. The number of halogens is 2. The molecule has 0 saturated heterocycles. The summed E-state index contributed by atoms with van der Waals surface area (Å²) in [5, 5.41) is 1.41. The van der Waals surface area contributed by atoms with Crippen LogP contribution in [0.3, 0.4) is 0 Å². The fourth-order valence-corrected chi connectivity index (χ4v) is 2.34. The van der Waals surface area contributed by atoms with E-state index in [1.54, 1.807) is 0 Å². The third kappa shape index (κ3) is 4.55. The number of nitrogens with one attached hydrogen (secondary N) is 1. The Balaban J connectivity index is 1.52. The molecule has 3 rings (SSSR count). The normalized spacial score (nSPS) is 17.3. The molecular formula is C17H15Cl2N3O. The second kappa shape index (κ2) is 7.59. The number of hydrogen-bond acceptors (Lipinski definition) is 4. The lowest BCUT2D eigenvalue weighted by molar-refractivity contribution is 0.0370. The van der Waals surface area contributed by atoms with Crippen molar-refractivity contribution in [1.82, 2.24) is 5.48 Å². The minimum absolute atomic E-state index is 0.331. The number of benzene rings is 2. The van der Waals surface area contributed by atoms with Crippen LogP contribution in [-0.2, 0) is 4.84 Å². The van der Waals surface area contributed by atoms with Gasteiger partial charge in [0.1, 0.15) is 5.84 Å². The average Bonchev–Trinajstić information content (AvgIpc) is 3.03. The molecule has 0 spiro atoms. The summed E-state index contributed by atoms with van der Waals surface area (Å²) in [5.74, 6) is 0.790. The lowest BCUT2D eigenvalue weighted by Crippen LogP contribution is -2.17. The molecule has 23 heavy (non-hydrogen) atoms. The van der Waals surface area contributed by atoms with Crippen molar-refractivity contribution in [1.29, 1.82) is 0 Å². The van der Waals surface area contributed by atoms with Gasteiger partial charge < -0.3 is 0 Å². The molecule has 1 atom stereocenters. The molecule has 2 aromatic rings. The zero-order chi connectivity index (χ0) is 16.1. The number of rotatable bonds is 5. The largest absolute Gasteiger partial charge is 0.292 e. The third-order valence-electron chi connectivity index (χ3n) is 3.30. The molecule has 0 radical (unpaired) electrons. The molecule has 6 heteroatoms. The van der Waals surface area contributed by atoms with Crippen molar-refractivity contribution >= 4 is 35.3 Å². The van der Waals surface area contributed by atoms with Crippen molar-refractivity contribution in [2.75, 3.05) is 6.54 Å². The van der Waals surface area contributed by atoms with Crippen LogP contribution in [0.2, 0.25) is 10.0 Å². The van der Waals surface area contributed by atoms with Gasteiger partial charge in [0.15, 0.2) is 0 Å². The van der Waals surface area contributed by atoms with E-state index in [1.165, 1.54) is 0 Å². The zero-order valence-electron chi connectivity index (χ0n) is 12.2. The first kappa shape index (κ1) is 16.0. The van der Waals surface area contributed by atoms with Crippen molar-refractivity contribution in [2.24, 2.45) is 9.98 Å². The summed E-state index contributed by atoms with van der Waals surface area (Å²) in [6.07, 6.45) is 2.18. The Hall–Kier alpha value is -1.88. The highest BCUT2D eigenvalue weighted by Gasteiger charge is 2.19. The summed E-state index contributed by atoms with van der Waals surface area (Å²) in [7, 11) is 0. The van der Waals surface area contributed by atoms with Crippen molar-refractivity contribution in [2.45, 2.75) is 12.6 Å². The minimum atomic E-state index is -0.331. The van der Waals surface area contributed by atoms with Gasteiger partial charge in [0, 0.05) is 34.8 Å². The van der Waals surface area contributed by atoms with Gasteiger partial charge in [0.05, 0.1) is 0 Å². The molecule has 1 N–H and O–H groups in total. The van der Waals surface area contributed by atoms with E-state index in [-0.39, 0.29) is 6.23 Å². The van der Waals surface area contributed by atoms with Crippen LogP contribution in [0.25, 0.3) is 0 Å². The summed E-state index contributed by atoms with van der Waals surface area (Å²) >= 11 is 11.7. The predicted octanol–water partition coefficient (Wildman–Crippen LogP) is 4.43. The summed E-state index contributed by atoms with van der Waals surface area (Å²) in [5.41, 5.74) is 4.83. The van der Waals surface area contributed by atoms with Crippen LogP contribution in [-0.4, -0.2) is 18.6 Å². The minimum Gasteiger partial charge on any atom is -0.292 e. The van der Waals surface area contributed by atoms with Gasteiger partial charge in [-0.1, -0.05) is 47.5 Å². The van der Waals surface area contributed by atoms with E-state index < -0.39 is 0 Å². The maximum atomic E-state index is 5.88. The molecule has 4 nitrogen and oxygen atoms in total. The molecule has 2 aromatic carbocycles. The van der Waals surface area contributed by atoms with E-state index in [4.69, 9.17) is 28.0 Å². The summed E-state index contributed by atoms with van der Waals surface area (Å²) in [6.45, 7) is 0.630. The summed E-state index contributed by atoms with van der Waals surface area (Å²) < 4.78 is 0. The quantitative estimate of drug-likeness (QED) is 0.813. The molecule has 1 heterocycles. The zero-order valence-corrected chi connectivity index (χ0v) is 13.8. The van der Waals surface area contributed by atoms with Gasteiger partial charge in [0.2, 0.25) is 6.23 Å². The van der Waals surface area contributed by atoms with E-state index in [2.05, 4.69) is 15.5 Å². The van der Waals surface area contributed by atoms with Gasteiger partial charge in [0.25, 0.3) is 0 Å². The molecule has 0 amide bonds. The first-order chi connectivity index (χ1) is 11.2. The molecular weight excluding hydrogens is 333 g/mol. The number of aliphatic imine (C=N–C) groups is 2. The molecule has 0 fully saturated rings. The van der Waals surface area contributed by atoms with Gasteiger partial charge in [-0.2, -0.15) is 0 Å². The average molecular weight is 348 g/mol. The molecule has 1 aliphatic heterocycles. The Morgan fingerprint density at radius 1 is 1.04 bits per heavy atom. The molecule has 1 aliphatic rings. The van der Waals surface area contributed by atoms with Gasteiger partial charge in [-0.3, -0.25) is 10.5 Å². The fraction of sp³-hybridized carbons (Fsp3) is 0.176. The van der Waals surface area contributed by atoms with Gasteiger partial charge in [-0.05, 0) is 29.8 Å². The van der Waals surface area contributed by atoms with Crippen LogP contribution in [0, 0.1) is 0 Å². The van der Waals surface area contributed by atoms with Crippen molar-refractivity contribution < 1.29 is 4.84 Å². The number of amidine groups is 1. The van der Waals surface area contributed by atoms with E-state index in [1.807, 2.05) is 54.7 Å². The molecule has 0 aromatic heterocycles. The summed E-state index contributed by atoms with van der Waals surface area (Å²) in [4.78, 5) is 14.3. The van der Waals surface area contributed by atoms with E-state index >= 15 is 0 Å². The smallest absolute Gasteiger partial charge is 0.202 e. The molecule has 0 saturated carbocycles. The molecule has 0 bridgehead atoms. The maximum absolute atomic E-state index is 5.88. The van der Waals surface area contributed by atoms with Crippen molar-refractivity contribution in [3.63, 3.8) is 0 Å². The van der Waals surface area contributed by atoms with Crippen LogP contribution in [0.4, 0.5) is 0 Å². The number of hydrogen-bond donors (Lipinski definition) is 1. The highest BCUT2D eigenvalue weighted by molar-refractivity contribution is 6.30. The SMILES string of the molecule is Clc1ccc(C=NCCC2=NC(c3ccc(Cl)cc3)ON2)cc1. The first-order valence-electron chi connectivity index (χ1n) is 7.20.